The van der Waals surface area contributed by atoms with Gasteiger partial charge in [-0.25, -0.2) is 9.18 Å². The largest absolute Gasteiger partial charge is 0.492 e. The molecular formula is C9H8FIO3. The molecule has 5 heteroatoms. The highest BCUT2D eigenvalue weighted by molar-refractivity contribution is 14.1. The molecule has 0 atom stereocenters. The summed E-state index contributed by atoms with van der Waals surface area (Å²) in [7, 11) is 0. The molecule has 1 aromatic rings. The van der Waals surface area contributed by atoms with E-state index in [4.69, 9.17) is 9.84 Å². The Balaban J connectivity index is 3.28. The second kappa shape index (κ2) is 4.59. The number of carboxylic acids is 1. The first-order valence-electron chi connectivity index (χ1n) is 3.91. The Morgan fingerprint density at radius 3 is 2.79 bits per heavy atom. The summed E-state index contributed by atoms with van der Waals surface area (Å²) in [6, 6.07) is 2.19. The summed E-state index contributed by atoms with van der Waals surface area (Å²) in [4.78, 5) is 10.8. The summed E-state index contributed by atoms with van der Waals surface area (Å²) >= 11 is 1.84. The average Bonchev–Trinajstić information content (AvgIpc) is 2.09. The lowest BCUT2D eigenvalue weighted by atomic mass is 10.2. The minimum absolute atomic E-state index is 0.142. The smallest absolute Gasteiger partial charge is 0.339 e. The van der Waals surface area contributed by atoms with Crippen LogP contribution in [0.4, 0.5) is 4.39 Å². The van der Waals surface area contributed by atoms with E-state index in [9.17, 15) is 9.18 Å². The van der Waals surface area contributed by atoms with Gasteiger partial charge in [-0.3, -0.25) is 0 Å². The van der Waals surface area contributed by atoms with E-state index in [1.807, 2.05) is 22.6 Å². The number of rotatable bonds is 3. The summed E-state index contributed by atoms with van der Waals surface area (Å²) in [5.41, 5.74) is -0.142. The molecule has 0 aliphatic carbocycles. The number of aromatic carboxylic acids is 1. The van der Waals surface area contributed by atoms with Crippen LogP contribution in [0.25, 0.3) is 0 Å². The Bertz CT molecular complexity index is 365. The molecule has 0 aromatic heterocycles. The predicted octanol–water partition coefficient (Wildman–Crippen LogP) is 2.53. The molecule has 0 unspecified atom stereocenters. The highest BCUT2D eigenvalue weighted by Crippen LogP contribution is 2.27. The monoisotopic (exact) mass is 310 g/mol. The standard InChI is InChI=1S/C9H8FIO3/c1-2-14-8-6(9(12)13)3-5(10)4-7(8)11/h3-4H,2H2,1H3,(H,12,13). The maximum absolute atomic E-state index is 12.9. The van der Waals surface area contributed by atoms with E-state index in [0.29, 0.717) is 10.2 Å². The lowest BCUT2D eigenvalue weighted by Gasteiger charge is -2.09. The molecule has 1 rings (SSSR count). The molecule has 76 valence electrons. The molecule has 0 bridgehead atoms. The van der Waals surface area contributed by atoms with Crippen LogP contribution in [0.1, 0.15) is 17.3 Å². The van der Waals surface area contributed by atoms with Crippen LogP contribution in [0.3, 0.4) is 0 Å². The molecular weight excluding hydrogens is 302 g/mol. The van der Waals surface area contributed by atoms with Gasteiger partial charge in [0.1, 0.15) is 17.1 Å². The average molecular weight is 310 g/mol. The van der Waals surface area contributed by atoms with Crippen LogP contribution in [-0.4, -0.2) is 17.7 Å². The van der Waals surface area contributed by atoms with E-state index in [1.54, 1.807) is 6.92 Å². The van der Waals surface area contributed by atoms with Gasteiger partial charge in [0.2, 0.25) is 0 Å². The van der Waals surface area contributed by atoms with Crippen LogP contribution in [-0.2, 0) is 0 Å². The van der Waals surface area contributed by atoms with E-state index in [1.165, 1.54) is 6.07 Å². The van der Waals surface area contributed by atoms with Gasteiger partial charge in [0.05, 0.1) is 10.2 Å². The predicted molar refractivity (Wildman–Crippen MR) is 57.2 cm³/mol. The van der Waals surface area contributed by atoms with Crippen LogP contribution in [0.2, 0.25) is 0 Å². The Morgan fingerprint density at radius 2 is 2.29 bits per heavy atom. The van der Waals surface area contributed by atoms with Gasteiger partial charge in [0, 0.05) is 0 Å². The number of hydrogen-bond donors (Lipinski definition) is 1. The van der Waals surface area contributed by atoms with Crippen molar-refractivity contribution in [1.29, 1.82) is 0 Å². The number of hydrogen-bond acceptors (Lipinski definition) is 2. The molecule has 3 nitrogen and oxygen atoms in total. The quantitative estimate of drug-likeness (QED) is 0.873. The highest BCUT2D eigenvalue weighted by atomic mass is 127. The molecule has 0 aliphatic rings. The summed E-state index contributed by atoms with van der Waals surface area (Å²) < 4.78 is 18.5. The number of carboxylic acid groups (broad SMARTS) is 1. The van der Waals surface area contributed by atoms with Crippen LogP contribution in [0.15, 0.2) is 12.1 Å². The van der Waals surface area contributed by atoms with Crippen LogP contribution >= 0.6 is 22.6 Å². The van der Waals surface area contributed by atoms with Crippen molar-refractivity contribution >= 4 is 28.6 Å². The minimum Gasteiger partial charge on any atom is -0.492 e. The Labute approximate surface area is 94.0 Å². The molecule has 0 aliphatic heterocycles. The summed E-state index contributed by atoms with van der Waals surface area (Å²) in [5.74, 6) is -1.54. The third kappa shape index (κ3) is 2.34. The van der Waals surface area contributed by atoms with Crippen LogP contribution in [0, 0.1) is 9.39 Å². The van der Waals surface area contributed by atoms with Crippen molar-refractivity contribution in [3.63, 3.8) is 0 Å². The van der Waals surface area contributed by atoms with E-state index in [2.05, 4.69) is 0 Å². The maximum Gasteiger partial charge on any atom is 0.339 e. The van der Waals surface area contributed by atoms with Gasteiger partial charge >= 0.3 is 5.97 Å². The lowest BCUT2D eigenvalue weighted by molar-refractivity contribution is 0.0691. The zero-order valence-corrected chi connectivity index (χ0v) is 9.54. The Hall–Kier alpha value is -0.850. The SMILES string of the molecule is CCOc1c(I)cc(F)cc1C(=O)O. The van der Waals surface area contributed by atoms with Crippen molar-refractivity contribution in [2.24, 2.45) is 0 Å². The number of benzene rings is 1. The molecule has 0 fully saturated rings. The molecule has 0 amide bonds. The van der Waals surface area contributed by atoms with Crippen molar-refractivity contribution in [2.45, 2.75) is 6.92 Å². The van der Waals surface area contributed by atoms with Crippen molar-refractivity contribution < 1.29 is 19.0 Å². The van der Waals surface area contributed by atoms with Gasteiger partial charge in [-0.05, 0) is 41.6 Å². The summed E-state index contributed by atoms with van der Waals surface area (Å²) in [5, 5.41) is 8.79. The van der Waals surface area contributed by atoms with Crippen molar-refractivity contribution in [3.05, 3.63) is 27.1 Å². The third-order valence-electron chi connectivity index (χ3n) is 1.53. The first kappa shape index (κ1) is 11.2. The number of ether oxygens (including phenoxy) is 1. The first-order valence-corrected chi connectivity index (χ1v) is 4.99. The van der Waals surface area contributed by atoms with Gasteiger partial charge in [-0.15, -0.1) is 0 Å². The van der Waals surface area contributed by atoms with Gasteiger partial charge in [0.25, 0.3) is 0 Å². The normalized spacial score (nSPS) is 9.93. The van der Waals surface area contributed by atoms with Crippen molar-refractivity contribution in [2.75, 3.05) is 6.61 Å². The first-order chi connectivity index (χ1) is 6.56. The lowest BCUT2D eigenvalue weighted by Crippen LogP contribution is -2.05. The van der Waals surface area contributed by atoms with Gasteiger partial charge < -0.3 is 9.84 Å². The highest BCUT2D eigenvalue weighted by Gasteiger charge is 2.16. The Kier molecular flexibility index (Phi) is 3.68. The molecule has 0 spiro atoms. The molecule has 1 N–H and O–H groups in total. The summed E-state index contributed by atoms with van der Waals surface area (Å²) in [6.45, 7) is 2.09. The zero-order chi connectivity index (χ0) is 10.7. The Morgan fingerprint density at radius 1 is 1.64 bits per heavy atom. The van der Waals surface area contributed by atoms with Gasteiger partial charge in [-0.1, -0.05) is 0 Å². The fourth-order valence-corrected chi connectivity index (χ4v) is 1.75. The molecule has 14 heavy (non-hydrogen) atoms. The van der Waals surface area contributed by atoms with Crippen molar-refractivity contribution in [1.82, 2.24) is 0 Å². The van der Waals surface area contributed by atoms with Gasteiger partial charge in [-0.2, -0.15) is 0 Å². The summed E-state index contributed by atoms with van der Waals surface area (Å²) in [6.07, 6.45) is 0. The number of halogens is 2. The maximum atomic E-state index is 12.9. The zero-order valence-electron chi connectivity index (χ0n) is 7.38. The topological polar surface area (TPSA) is 46.5 Å². The number of carbonyl (C=O) groups is 1. The van der Waals surface area contributed by atoms with Crippen molar-refractivity contribution in [3.8, 4) is 5.75 Å². The fraction of sp³-hybridized carbons (Fsp3) is 0.222. The van der Waals surface area contributed by atoms with E-state index in [0.717, 1.165) is 6.07 Å². The third-order valence-corrected chi connectivity index (χ3v) is 2.33. The van der Waals surface area contributed by atoms with E-state index in [-0.39, 0.29) is 11.3 Å². The fourth-order valence-electron chi connectivity index (χ4n) is 1.01. The van der Waals surface area contributed by atoms with Gasteiger partial charge in [0.15, 0.2) is 0 Å². The molecule has 0 saturated carbocycles. The van der Waals surface area contributed by atoms with E-state index >= 15 is 0 Å². The molecule has 0 heterocycles. The van der Waals surface area contributed by atoms with E-state index < -0.39 is 11.8 Å². The van der Waals surface area contributed by atoms with Crippen LogP contribution in [0.5, 0.6) is 5.75 Å². The minimum atomic E-state index is -1.19. The second-order valence-corrected chi connectivity index (χ2v) is 3.66. The molecule has 0 saturated heterocycles. The molecule has 1 aromatic carbocycles. The molecule has 0 radical (unpaired) electrons. The second-order valence-electron chi connectivity index (χ2n) is 2.50. The van der Waals surface area contributed by atoms with Crippen LogP contribution < -0.4 is 4.74 Å².